The van der Waals surface area contributed by atoms with Crippen LogP contribution in [-0.4, -0.2) is 42.0 Å². The summed E-state index contributed by atoms with van der Waals surface area (Å²) in [6.45, 7) is 5.46. The van der Waals surface area contributed by atoms with Gasteiger partial charge < -0.3 is 10.2 Å². The van der Waals surface area contributed by atoms with Crippen LogP contribution in [0.15, 0.2) is 29.6 Å². The van der Waals surface area contributed by atoms with E-state index in [0.717, 1.165) is 54.4 Å². The normalized spacial score (nSPS) is 15.8. The number of carbonyl (C=O) groups excluding carboxylic acids is 1. The molecule has 1 aromatic heterocycles. The Bertz CT molecular complexity index is 630. The highest BCUT2D eigenvalue weighted by atomic mass is 32.1. The van der Waals surface area contributed by atoms with Gasteiger partial charge in [-0.3, -0.25) is 4.79 Å². The van der Waals surface area contributed by atoms with E-state index in [4.69, 9.17) is 0 Å². The molecule has 0 radical (unpaired) electrons. The summed E-state index contributed by atoms with van der Waals surface area (Å²) in [6, 6.07) is 7.79. The number of carbonyl (C=O) groups is 1. The van der Waals surface area contributed by atoms with Gasteiger partial charge in [0, 0.05) is 36.1 Å². The number of hydrogen-bond acceptors (Lipinski definition) is 4. The van der Waals surface area contributed by atoms with Gasteiger partial charge in [-0.15, -0.1) is 11.3 Å². The largest absolute Gasteiger partial charge is 0.337 e. The van der Waals surface area contributed by atoms with Crippen molar-refractivity contribution in [3.05, 3.63) is 40.2 Å². The summed E-state index contributed by atoms with van der Waals surface area (Å²) >= 11 is 1.63. The van der Waals surface area contributed by atoms with E-state index < -0.39 is 0 Å². The lowest BCUT2D eigenvalue weighted by Gasteiger charge is -2.20. The molecule has 0 atom stereocenters. The third-order valence-corrected chi connectivity index (χ3v) is 4.43. The molecule has 2 heterocycles. The Kier molecular flexibility index (Phi) is 4.31. The number of thiazole rings is 1. The first-order valence-corrected chi connectivity index (χ1v) is 8.14. The second-order valence-electron chi connectivity index (χ2n) is 5.23. The van der Waals surface area contributed by atoms with Crippen LogP contribution in [0.5, 0.6) is 0 Å². The molecule has 0 bridgehead atoms. The van der Waals surface area contributed by atoms with Crippen molar-refractivity contribution in [2.45, 2.75) is 13.3 Å². The molecule has 1 aliphatic rings. The van der Waals surface area contributed by atoms with E-state index in [1.54, 1.807) is 11.3 Å². The summed E-state index contributed by atoms with van der Waals surface area (Å²) < 4.78 is 0. The van der Waals surface area contributed by atoms with Crippen LogP contribution in [-0.2, 0) is 0 Å². The molecule has 0 spiro atoms. The van der Waals surface area contributed by atoms with Crippen molar-refractivity contribution in [3.63, 3.8) is 0 Å². The fourth-order valence-electron chi connectivity index (χ4n) is 2.54. The molecule has 1 N–H and O–H groups in total. The number of aryl methyl sites for hydroxylation is 1. The molecule has 1 aromatic carbocycles. The Hall–Kier alpha value is -1.72. The molecule has 5 heteroatoms. The monoisotopic (exact) mass is 301 g/mol. The average Bonchev–Trinajstić information content (AvgIpc) is 2.77. The molecule has 1 aliphatic heterocycles. The lowest BCUT2D eigenvalue weighted by Crippen LogP contribution is -2.34. The van der Waals surface area contributed by atoms with Gasteiger partial charge in [0.2, 0.25) is 0 Å². The topological polar surface area (TPSA) is 45.2 Å². The van der Waals surface area contributed by atoms with Crippen molar-refractivity contribution in [2.75, 3.05) is 26.2 Å². The highest BCUT2D eigenvalue weighted by Crippen LogP contribution is 2.23. The van der Waals surface area contributed by atoms with Crippen LogP contribution in [0.25, 0.3) is 11.3 Å². The van der Waals surface area contributed by atoms with Gasteiger partial charge in [-0.05, 0) is 32.0 Å². The maximum absolute atomic E-state index is 12.6. The fourth-order valence-corrected chi connectivity index (χ4v) is 3.16. The minimum Gasteiger partial charge on any atom is -0.337 e. The van der Waals surface area contributed by atoms with Gasteiger partial charge in [-0.1, -0.05) is 12.1 Å². The van der Waals surface area contributed by atoms with Crippen LogP contribution in [0.4, 0.5) is 0 Å². The number of amides is 1. The summed E-state index contributed by atoms with van der Waals surface area (Å²) in [4.78, 5) is 19.1. The molecule has 21 heavy (non-hydrogen) atoms. The summed E-state index contributed by atoms with van der Waals surface area (Å²) in [5.41, 5.74) is 2.71. The standard InChI is InChI=1S/C16H19N3OS/c1-12-18-15(11-21-12)13-4-2-5-14(10-13)16(20)19-8-3-6-17-7-9-19/h2,4-5,10-11,17H,3,6-9H2,1H3. The van der Waals surface area contributed by atoms with Crippen LogP contribution in [0.3, 0.4) is 0 Å². The van der Waals surface area contributed by atoms with Crippen molar-refractivity contribution >= 4 is 17.2 Å². The van der Waals surface area contributed by atoms with Crippen molar-refractivity contribution < 1.29 is 4.79 Å². The number of rotatable bonds is 2. The van der Waals surface area contributed by atoms with E-state index in [0.29, 0.717) is 0 Å². The minimum atomic E-state index is 0.118. The molecule has 4 nitrogen and oxygen atoms in total. The maximum atomic E-state index is 12.6. The zero-order valence-electron chi connectivity index (χ0n) is 12.1. The van der Waals surface area contributed by atoms with Crippen LogP contribution in [0.1, 0.15) is 21.8 Å². The lowest BCUT2D eigenvalue weighted by atomic mass is 10.1. The number of hydrogen-bond donors (Lipinski definition) is 1. The zero-order chi connectivity index (χ0) is 14.7. The Morgan fingerprint density at radius 1 is 1.33 bits per heavy atom. The second kappa shape index (κ2) is 6.37. The van der Waals surface area contributed by atoms with Crippen LogP contribution in [0.2, 0.25) is 0 Å². The molecular formula is C16H19N3OS. The lowest BCUT2D eigenvalue weighted by molar-refractivity contribution is 0.0766. The van der Waals surface area contributed by atoms with Crippen molar-refractivity contribution in [2.24, 2.45) is 0 Å². The second-order valence-corrected chi connectivity index (χ2v) is 6.29. The third-order valence-electron chi connectivity index (χ3n) is 3.65. The van der Waals surface area contributed by atoms with Gasteiger partial charge in [-0.25, -0.2) is 4.98 Å². The zero-order valence-corrected chi connectivity index (χ0v) is 12.9. The predicted octanol–water partition coefficient (Wildman–Crippen LogP) is 2.55. The molecule has 110 valence electrons. The van der Waals surface area contributed by atoms with E-state index in [1.807, 2.05) is 41.5 Å². The molecule has 0 saturated carbocycles. The number of benzene rings is 1. The van der Waals surface area contributed by atoms with Gasteiger partial charge in [0.05, 0.1) is 10.7 Å². The molecular weight excluding hydrogens is 282 g/mol. The number of nitrogens with zero attached hydrogens (tertiary/aromatic N) is 2. The predicted molar refractivity (Wildman–Crippen MR) is 85.7 cm³/mol. The quantitative estimate of drug-likeness (QED) is 0.927. The van der Waals surface area contributed by atoms with Gasteiger partial charge >= 0.3 is 0 Å². The van der Waals surface area contributed by atoms with E-state index in [-0.39, 0.29) is 5.91 Å². The summed E-state index contributed by atoms with van der Waals surface area (Å²) in [7, 11) is 0. The first-order chi connectivity index (χ1) is 10.2. The minimum absolute atomic E-state index is 0.118. The Morgan fingerprint density at radius 3 is 3.05 bits per heavy atom. The molecule has 0 aliphatic carbocycles. The Balaban J connectivity index is 1.83. The summed E-state index contributed by atoms with van der Waals surface area (Å²) in [5.74, 6) is 0.118. The molecule has 1 fully saturated rings. The van der Waals surface area contributed by atoms with Crippen molar-refractivity contribution in [1.82, 2.24) is 15.2 Å². The fraction of sp³-hybridized carbons (Fsp3) is 0.375. The number of nitrogens with one attached hydrogen (secondary N) is 1. The van der Waals surface area contributed by atoms with Gasteiger partial charge in [-0.2, -0.15) is 0 Å². The van der Waals surface area contributed by atoms with E-state index in [9.17, 15) is 4.79 Å². The first-order valence-electron chi connectivity index (χ1n) is 7.26. The van der Waals surface area contributed by atoms with Crippen molar-refractivity contribution in [1.29, 1.82) is 0 Å². The molecule has 1 saturated heterocycles. The molecule has 0 unspecified atom stereocenters. The van der Waals surface area contributed by atoms with Crippen LogP contribution >= 0.6 is 11.3 Å². The highest BCUT2D eigenvalue weighted by Gasteiger charge is 2.17. The van der Waals surface area contributed by atoms with E-state index >= 15 is 0 Å². The average molecular weight is 301 g/mol. The van der Waals surface area contributed by atoms with Crippen LogP contribution in [0, 0.1) is 6.92 Å². The SMILES string of the molecule is Cc1nc(-c2cccc(C(=O)N3CCCNCC3)c2)cs1. The molecule has 1 amide bonds. The summed E-state index contributed by atoms with van der Waals surface area (Å²) in [5, 5.41) is 6.40. The number of aromatic nitrogens is 1. The smallest absolute Gasteiger partial charge is 0.253 e. The Labute approximate surface area is 128 Å². The first kappa shape index (κ1) is 14.2. The maximum Gasteiger partial charge on any atom is 0.253 e. The van der Waals surface area contributed by atoms with E-state index in [1.165, 1.54) is 0 Å². The third kappa shape index (κ3) is 3.31. The molecule has 3 rings (SSSR count). The Morgan fingerprint density at radius 2 is 2.24 bits per heavy atom. The summed E-state index contributed by atoms with van der Waals surface area (Å²) in [6.07, 6.45) is 1.01. The van der Waals surface area contributed by atoms with Gasteiger partial charge in [0.25, 0.3) is 5.91 Å². The van der Waals surface area contributed by atoms with Gasteiger partial charge in [0.1, 0.15) is 0 Å². The van der Waals surface area contributed by atoms with Crippen LogP contribution < -0.4 is 5.32 Å². The van der Waals surface area contributed by atoms with Gasteiger partial charge in [0.15, 0.2) is 0 Å². The van der Waals surface area contributed by atoms with E-state index in [2.05, 4.69) is 10.3 Å². The highest BCUT2D eigenvalue weighted by molar-refractivity contribution is 7.09. The van der Waals surface area contributed by atoms with Crippen molar-refractivity contribution in [3.8, 4) is 11.3 Å². The molecule has 2 aromatic rings.